The molecule has 1 aromatic rings. The molecule has 7 heteroatoms. The number of carboxylic acids is 1. The molecule has 1 N–H and O–H groups in total. The van der Waals surface area contributed by atoms with E-state index in [4.69, 9.17) is 5.11 Å². The number of halogens is 3. The minimum absolute atomic E-state index is 0.0708. The second-order valence-corrected chi connectivity index (χ2v) is 5.77. The molecule has 0 heterocycles. The Bertz CT molecular complexity index is 579. The van der Waals surface area contributed by atoms with E-state index >= 15 is 0 Å². The maximum Gasteiger partial charge on any atom is 0.389 e. The highest BCUT2D eigenvalue weighted by Gasteiger charge is 2.38. The lowest BCUT2D eigenvalue weighted by atomic mass is 10.1. The number of aliphatic carboxylic acids is 1. The number of rotatable bonds is 6. The Morgan fingerprint density at radius 2 is 1.83 bits per heavy atom. The molecule has 4 nitrogen and oxygen atoms in total. The normalized spacial score (nSPS) is 16.0. The van der Waals surface area contributed by atoms with Gasteiger partial charge in [0.1, 0.15) is 6.04 Å². The second kappa shape index (κ2) is 6.60. The minimum atomic E-state index is -4.21. The van der Waals surface area contributed by atoms with Gasteiger partial charge in [0.15, 0.2) is 0 Å². The molecule has 2 rings (SSSR count). The fourth-order valence-corrected chi connectivity index (χ4v) is 2.38. The van der Waals surface area contributed by atoms with Crippen LogP contribution in [0.5, 0.6) is 0 Å². The van der Waals surface area contributed by atoms with Crippen LogP contribution in [-0.2, 0) is 11.2 Å². The van der Waals surface area contributed by atoms with Crippen molar-refractivity contribution < 1.29 is 27.9 Å². The molecule has 0 bridgehead atoms. The van der Waals surface area contributed by atoms with Crippen molar-refractivity contribution in [3.8, 4) is 0 Å². The number of hydrogen-bond donors (Lipinski definition) is 1. The van der Waals surface area contributed by atoms with Gasteiger partial charge < -0.3 is 10.0 Å². The summed E-state index contributed by atoms with van der Waals surface area (Å²) in [7, 11) is 0. The number of carbonyl (C=O) groups is 2. The largest absolute Gasteiger partial charge is 0.480 e. The van der Waals surface area contributed by atoms with Gasteiger partial charge in [0.2, 0.25) is 0 Å². The van der Waals surface area contributed by atoms with Gasteiger partial charge >= 0.3 is 12.1 Å². The molecule has 1 aliphatic rings. The van der Waals surface area contributed by atoms with Crippen LogP contribution in [0.1, 0.15) is 42.1 Å². The number of hydrogen-bond acceptors (Lipinski definition) is 2. The van der Waals surface area contributed by atoms with Crippen LogP contribution in [0.4, 0.5) is 13.2 Å². The summed E-state index contributed by atoms with van der Waals surface area (Å²) in [5, 5.41) is 9.11. The highest BCUT2D eigenvalue weighted by atomic mass is 19.4. The summed E-state index contributed by atoms with van der Waals surface area (Å²) in [6, 6.07) is 4.87. The number of carboxylic acid groups (broad SMARTS) is 1. The number of nitrogens with zero attached hydrogens (tertiary/aromatic N) is 1. The minimum Gasteiger partial charge on any atom is -0.480 e. The molecule has 0 aromatic heterocycles. The summed E-state index contributed by atoms with van der Waals surface area (Å²) in [6.45, 7) is 1.45. The van der Waals surface area contributed by atoms with E-state index < -0.39 is 30.5 Å². The van der Waals surface area contributed by atoms with Gasteiger partial charge in [-0.25, -0.2) is 4.79 Å². The van der Waals surface area contributed by atoms with Crippen LogP contribution in [0, 0.1) is 0 Å². The Balaban J connectivity index is 2.08. The molecule has 1 unspecified atom stereocenters. The Labute approximate surface area is 131 Å². The van der Waals surface area contributed by atoms with Crippen LogP contribution in [-0.4, -0.2) is 40.1 Å². The summed E-state index contributed by atoms with van der Waals surface area (Å²) < 4.78 is 36.6. The van der Waals surface area contributed by atoms with Gasteiger partial charge in [0, 0.05) is 18.0 Å². The summed E-state index contributed by atoms with van der Waals surface area (Å²) in [6.07, 6.45) is -3.73. The lowest BCUT2D eigenvalue weighted by Gasteiger charge is -2.26. The van der Waals surface area contributed by atoms with E-state index in [1.165, 1.54) is 36.1 Å². The first-order valence-corrected chi connectivity index (χ1v) is 7.40. The van der Waals surface area contributed by atoms with Crippen molar-refractivity contribution in [1.29, 1.82) is 0 Å². The van der Waals surface area contributed by atoms with Crippen molar-refractivity contribution in [1.82, 2.24) is 4.90 Å². The smallest absolute Gasteiger partial charge is 0.389 e. The van der Waals surface area contributed by atoms with Crippen LogP contribution in [0.15, 0.2) is 24.3 Å². The summed E-state index contributed by atoms with van der Waals surface area (Å²) in [4.78, 5) is 25.0. The standard InChI is InChI=1S/C16H18F3NO3/c1-10(15(22)23)20(13-6-7-13)14(21)12-4-2-11(3-5-12)8-9-16(17,18)19/h2-5,10,13H,6-9H2,1H3,(H,22,23). The Morgan fingerprint density at radius 1 is 1.26 bits per heavy atom. The van der Waals surface area contributed by atoms with Crippen LogP contribution < -0.4 is 0 Å². The predicted octanol–water partition coefficient (Wildman–Crippen LogP) is 3.26. The molecule has 1 atom stereocenters. The number of alkyl halides is 3. The first kappa shape index (κ1) is 17.3. The van der Waals surface area contributed by atoms with E-state index in [1.807, 2.05) is 0 Å². The van der Waals surface area contributed by atoms with Gasteiger partial charge in [-0.3, -0.25) is 4.79 Å². The zero-order chi connectivity index (χ0) is 17.2. The van der Waals surface area contributed by atoms with Crippen molar-refractivity contribution in [2.75, 3.05) is 0 Å². The molecule has 0 spiro atoms. The number of aryl methyl sites for hydroxylation is 1. The first-order valence-electron chi connectivity index (χ1n) is 7.40. The first-order chi connectivity index (χ1) is 10.7. The molecular weight excluding hydrogens is 311 g/mol. The van der Waals surface area contributed by atoms with E-state index in [2.05, 4.69) is 0 Å². The van der Waals surface area contributed by atoms with Crippen LogP contribution in [0.3, 0.4) is 0 Å². The second-order valence-electron chi connectivity index (χ2n) is 5.77. The third kappa shape index (κ3) is 4.71. The molecular formula is C16H18F3NO3. The molecule has 1 saturated carbocycles. The monoisotopic (exact) mass is 329 g/mol. The highest BCUT2D eigenvalue weighted by molar-refractivity contribution is 5.97. The van der Waals surface area contributed by atoms with Gasteiger partial charge in [-0.05, 0) is 43.9 Å². The Hall–Kier alpha value is -2.05. The molecule has 1 aromatic carbocycles. The van der Waals surface area contributed by atoms with E-state index in [0.29, 0.717) is 11.1 Å². The zero-order valence-corrected chi connectivity index (χ0v) is 12.6. The summed E-state index contributed by atoms with van der Waals surface area (Å²) in [5.41, 5.74) is 0.781. The average Bonchev–Trinajstić information content (AvgIpc) is 3.29. The van der Waals surface area contributed by atoms with Crippen LogP contribution >= 0.6 is 0 Å². The molecule has 0 saturated heterocycles. The number of carbonyl (C=O) groups excluding carboxylic acids is 1. The Kier molecular flexibility index (Phi) is 4.97. The molecule has 1 amide bonds. The average molecular weight is 329 g/mol. The van der Waals surface area contributed by atoms with Crippen molar-refractivity contribution in [3.05, 3.63) is 35.4 Å². The van der Waals surface area contributed by atoms with E-state index in [0.717, 1.165) is 12.8 Å². The molecule has 23 heavy (non-hydrogen) atoms. The van der Waals surface area contributed by atoms with E-state index in [1.54, 1.807) is 0 Å². The van der Waals surface area contributed by atoms with Gasteiger partial charge in [-0.1, -0.05) is 12.1 Å². The van der Waals surface area contributed by atoms with Gasteiger partial charge in [0.05, 0.1) is 0 Å². The summed E-state index contributed by atoms with van der Waals surface area (Å²) >= 11 is 0. The summed E-state index contributed by atoms with van der Waals surface area (Å²) in [5.74, 6) is -1.48. The fourth-order valence-electron chi connectivity index (χ4n) is 2.38. The highest BCUT2D eigenvalue weighted by Crippen LogP contribution is 2.30. The molecule has 0 aliphatic heterocycles. The molecule has 126 valence electrons. The van der Waals surface area contributed by atoms with Gasteiger partial charge in [-0.2, -0.15) is 13.2 Å². The lowest BCUT2D eigenvalue weighted by molar-refractivity contribution is -0.142. The Morgan fingerprint density at radius 3 is 2.26 bits per heavy atom. The third-order valence-electron chi connectivity index (χ3n) is 3.85. The van der Waals surface area contributed by atoms with Crippen molar-refractivity contribution in [2.24, 2.45) is 0 Å². The van der Waals surface area contributed by atoms with Gasteiger partial charge in [0.25, 0.3) is 5.91 Å². The zero-order valence-electron chi connectivity index (χ0n) is 12.6. The topological polar surface area (TPSA) is 57.6 Å². The fraction of sp³-hybridized carbons (Fsp3) is 0.500. The molecule has 0 radical (unpaired) electrons. The molecule has 1 fully saturated rings. The van der Waals surface area contributed by atoms with Crippen LogP contribution in [0.25, 0.3) is 0 Å². The number of amides is 1. The van der Waals surface area contributed by atoms with Crippen LogP contribution in [0.2, 0.25) is 0 Å². The van der Waals surface area contributed by atoms with Crippen molar-refractivity contribution in [2.45, 2.75) is 50.9 Å². The lowest BCUT2D eigenvalue weighted by Crippen LogP contribution is -2.44. The van der Waals surface area contributed by atoms with Crippen molar-refractivity contribution in [3.63, 3.8) is 0 Å². The quantitative estimate of drug-likeness (QED) is 0.871. The predicted molar refractivity (Wildman–Crippen MR) is 77.1 cm³/mol. The van der Waals surface area contributed by atoms with Gasteiger partial charge in [-0.15, -0.1) is 0 Å². The maximum absolute atomic E-state index is 12.5. The van der Waals surface area contributed by atoms with E-state index in [-0.39, 0.29) is 12.5 Å². The van der Waals surface area contributed by atoms with Crippen molar-refractivity contribution >= 4 is 11.9 Å². The number of benzene rings is 1. The van der Waals surface area contributed by atoms with E-state index in [9.17, 15) is 22.8 Å². The SMILES string of the molecule is CC(C(=O)O)N(C(=O)c1ccc(CCC(F)(F)F)cc1)C1CC1. The molecule has 1 aliphatic carbocycles. The maximum atomic E-state index is 12.5. The third-order valence-corrected chi connectivity index (χ3v) is 3.85.